The first-order chi connectivity index (χ1) is 8.29. The highest BCUT2D eigenvalue weighted by atomic mass is 35.5. The highest BCUT2D eigenvalue weighted by molar-refractivity contribution is 6.17. The summed E-state index contributed by atoms with van der Waals surface area (Å²) in [5.74, 6) is -2.61. The Bertz CT molecular complexity index is 473. The maximum Gasteiger partial charge on any atom is 0.355 e. The zero-order valence-corrected chi connectivity index (χ0v) is 9.36. The molecule has 0 aliphatic heterocycles. The van der Waals surface area contributed by atoms with Gasteiger partial charge in [0, 0.05) is 12.1 Å². The molecule has 0 fully saturated rings. The van der Waals surface area contributed by atoms with Crippen molar-refractivity contribution in [2.24, 2.45) is 0 Å². The maximum absolute atomic E-state index is 10.6. The predicted molar refractivity (Wildman–Crippen MR) is 56.5 cm³/mol. The van der Waals surface area contributed by atoms with Gasteiger partial charge in [0.25, 0.3) is 5.09 Å². The zero-order valence-electron chi connectivity index (χ0n) is 8.61. The monoisotopic (exact) mass is 278 g/mol. The first kappa shape index (κ1) is 15.6. The lowest BCUT2D eigenvalue weighted by atomic mass is 10.1. The van der Waals surface area contributed by atoms with Gasteiger partial charge in [0.1, 0.15) is 0 Å². The third kappa shape index (κ3) is 5.07. The summed E-state index contributed by atoms with van der Waals surface area (Å²) < 4.78 is 0. The van der Waals surface area contributed by atoms with Crippen molar-refractivity contribution in [3.8, 4) is 0 Å². The van der Waals surface area contributed by atoms with Crippen LogP contribution >= 0.6 is 11.6 Å². The number of aromatic nitrogens is 1. The Labute approximate surface area is 104 Å². The Kier molecular flexibility index (Phi) is 6.07. The van der Waals surface area contributed by atoms with E-state index in [0.29, 0.717) is 5.56 Å². The minimum Gasteiger partial charge on any atom is -0.478 e. The number of nitrogens with zero attached hydrogens (tertiary/aromatic N) is 2. The van der Waals surface area contributed by atoms with E-state index < -0.39 is 22.7 Å². The second-order valence-corrected chi connectivity index (χ2v) is 2.99. The minimum atomic E-state index is -1.50. The number of carboxylic acid groups (broad SMARTS) is 2. The van der Waals surface area contributed by atoms with Crippen LogP contribution in [0.15, 0.2) is 12.3 Å². The Morgan fingerprint density at radius 2 is 1.89 bits per heavy atom. The summed E-state index contributed by atoms with van der Waals surface area (Å²) in [7, 11) is 0. The fraction of sp³-hybridized carbons (Fsp3) is 0.125. The van der Waals surface area contributed by atoms with Crippen LogP contribution in [0.3, 0.4) is 0 Å². The Hall–Kier alpha value is -2.42. The van der Waals surface area contributed by atoms with Crippen LogP contribution < -0.4 is 0 Å². The summed E-state index contributed by atoms with van der Waals surface area (Å²) in [6.07, 6.45) is 1.24. The second-order valence-electron chi connectivity index (χ2n) is 2.72. The van der Waals surface area contributed by atoms with E-state index in [1.54, 1.807) is 0 Å². The molecule has 0 amide bonds. The molecule has 0 aliphatic rings. The first-order valence-electron chi connectivity index (χ1n) is 4.14. The number of rotatable bonds is 3. The van der Waals surface area contributed by atoms with E-state index in [9.17, 15) is 9.59 Å². The lowest BCUT2D eigenvalue weighted by Crippen LogP contribution is -2.11. The van der Waals surface area contributed by atoms with E-state index in [1.165, 1.54) is 12.3 Å². The molecule has 3 N–H and O–H groups in total. The number of carboxylic acids is 2. The summed E-state index contributed by atoms with van der Waals surface area (Å²) in [6, 6.07) is 1.20. The van der Waals surface area contributed by atoms with E-state index in [-0.39, 0.29) is 11.4 Å². The summed E-state index contributed by atoms with van der Waals surface area (Å²) in [5, 5.41) is 30.9. The first-order valence-corrected chi connectivity index (χ1v) is 4.67. The molecule has 0 saturated carbocycles. The van der Waals surface area contributed by atoms with E-state index in [4.69, 9.17) is 37.1 Å². The quantitative estimate of drug-likeness (QED) is 0.418. The third-order valence-electron chi connectivity index (χ3n) is 1.53. The number of alkyl halides is 1. The van der Waals surface area contributed by atoms with E-state index >= 15 is 0 Å². The van der Waals surface area contributed by atoms with Gasteiger partial charge in [-0.3, -0.25) is 0 Å². The summed E-state index contributed by atoms with van der Waals surface area (Å²) >= 11 is 5.46. The van der Waals surface area contributed by atoms with Crippen LogP contribution in [0.4, 0.5) is 0 Å². The van der Waals surface area contributed by atoms with E-state index in [2.05, 4.69) is 4.98 Å². The highest BCUT2D eigenvalue weighted by Crippen LogP contribution is 2.11. The predicted octanol–water partition coefficient (Wildman–Crippen LogP) is 0.869. The molecule has 1 aromatic heterocycles. The summed E-state index contributed by atoms with van der Waals surface area (Å²) in [6.45, 7) is 0. The molecule has 0 aromatic carbocycles. The molecule has 9 nitrogen and oxygen atoms in total. The molecule has 0 bridgehead atoms. The third-order valence-corrected chi connectivity index (χ3v) is 1.84. The Morgan fingerprint density at radius 1 is 1.39 bits per heavy atom. The zero-order chi connectivity index (χ0) is 14.3. The van der Waals surface area contributed by atoms with Crippen molar-refractivity contribution in [2.75, 3.05) is 0 Å². The van der Waals surface area contributed by atoms with Gasteiger partial charge in [0.2, 0.25) is 0 Å². The molecule has 1 rings (SSSR count). The molecule has 0 saturated heterocycles. The molecule has 1 aromatic rings. The molecular formula is C8H7ClN2O7. The van der Waals surface area contributed by atoms with Gasteiger partial charge in [0.15, 0.2) is 5.69 Å². The SMILES string of the molecule is O=C(O)c1cc(CCl)cnc1C(=O)O.O=[N+]([O-])O. The number of aromatic carboxylic acids is 2. The maximum atomic E-state index is 10.6. The van der Waals surface area contributed by atoms with Crippen molar-refractivity contribution in [3.05, 3.63) is 39.2 Å². The molecule has 0 unspecified atom stereocenters. The van der Waals surface area contributed by atoms with Gasteiger partial charge in [-0.05, 0) is 11.6 Å². The normalized spacial score (nSPS) is 8.94. The van der Waals surface area contributed by atoms with Crippen LogP contribution in [0, 0.1) is 10.1 Å². The number of hydrogen-bond donors (Lipinski definition) is 3. The number of hydrogen-bond acceptors (Lipinski definition) is 5. The summed E-state index contributed by atoms with van der Waals surface area (Å²) in [4.78, 5) is 33.1. The average Bonchev–Trinajstić information content (AvgIpc) is 2.27. The van der Waals surface area contributed by atoms with Gasteiger partial charge in [-0.2, -0.15) is 0 Å². The van der Waals surface area contributed by atoms with Crippen LogP contribution in [-0.2, 0) is 5.88 Å². The average molecular weight is 279 g/mol. The Morgan fingerprint density at radius 3 is 2.22 bits per heavy atom. The molecule has 98 valence electrons. The van der Waals surface area contributed by atoms with Crippen LogP contribution in [0.1, 0.15) is 26.4 Å². The molecule has 18 heavy (non-hydrogen) atoms. The van der Waals surface area contributed by atoms with Crippen LogP contribution in [0.25, 0.3) is 0 Å². The lowest BCUT2D eigenvalue weighted by Gasteiger charge is -2.01. The number of carbonyl (C=O) groups is 2. The van der Waals surface area contributed by atoms with Gasteiger partial charge < -0.3 is 15.4 Å². The number of halogens is 1. The van der Waals surface area contributed by atoms with Crippen molar-refractivity contribution in [1.29, 1.82) is 0 Å². The van der Waals surface area contributed by atoms with E-state index in [0.717, 1.165) is 0 Å². The lowest BCUT2D eigenvalue weighted by molar-refractivity contribution is -0.742. The molecular weight excluding hydrogens is 272 g/mol. The fourth-order valence-corrected chi connectivity index (χ4v) is 1.06. The molecule has 1 heterocycles. The van der Waals surface area contributed by atoms with Gasteiger partial charge in [0.05, 0.1) is 5.56 Å². The summed E-state index contributed by atoms with van der Waals surface area (Å²) in [5.41, 5.74) is -0.365. The molecule has 0 spiro atoms. The fourth-order valence-electron chi connectivity index (χ4n) is 0.915. The Balaban J connectivity index is 0.000000631. The van der Waals surface area contributed by atoms with Crippen LogP contribution in [-0.4, -0.2) is 37.4 Å². The van der Waals surface area contributed by atoms with Gasteiger partial charge in [-0.25, -0.2) is 14.6 Å². The van der Waals surface area contributed by atoms with Crippen molar-refractivity contribution in [2.45, 2.75) is 5.88 Å². The van der Waals surface area contributed by atoms with Crippen molar-refractivity contribution >= 4 is 23.5 Å². The highest BCUT2D eigenvalue weighted by Gasteiger charge is 2.17. The van der Waals surface area contributed by atoms with E-state index in [1.807, 2.05) is 0 Å². The number of pyridine rings is 1. The van der Waals surface area contributed by atoms with Crippen LogP contribution in [0.2, 0.25) is 0 Å². The van der Waals surface area contributed by atoms with Gasteiger partial charge in [-0.15, -0.1) is 21.7 Å². The topological polar surface area (TPSA) is 151 Å². The molecule has 0 radical (unpaired) electrons. The van der Waals surface area contributed by atoms with Crippen LogP contribution in [0.5, 0.6) is 0 Å². The molecule has 0 aliphatic carbocycles. The standard InChI is InChI=1S/C8H6ClNO4.HNO3/c9-2-4-1-5(7(11)12)6(8(13)14)10-3-4;2-1(3)4/h1,3H,2H2,(H,11,12)(H,13,14);(H,2,3,4). The van der Waals surface area contributed by atoms with Gasteiger partial charge in [-0.1, -0.05) is 0 Å². The minimum absolute atomic E-state index is 0.0905. The largest absolute Gasteiger partial charge is 0.478 e. The molecule has 10 heteroatoms. The van der Waals surface area contributed by atoms with Crippen molar-refractivity contribution < 1.29 is 30.1 Å². The smallest absolute Gasteiger partial charge is 0.355 e. The van der Waals surface area contributed by atoms with Gasteiger partial charge >= 0.3 is 11.9 Å². The molecule has 0 atom stereocenters. The second kappa shape index (κ2) is 7.01. The van der Waals surface area contributed by atoms with Crippen molar-refractivity contribution in [1.82, 2.24) is 4.98 Å². The van der Waals surface area contributed by atoms with Crippen molar-refractivity contribution in [3.63, 3.8) is 0 Å².